The van der Waals surface area contributed by atoms with E-state index in [1.165, 1.54) is 12.8 Å². The first kappa shape index (κ1) is 18.4. The predicted molar refractivity (Wildman–Crippen MR) is 113 cm³/mol. The fourth-order valence-electron chi connectivity index (χ4n) is 3.26. The van der Waals surface area contributed by atoms with Gasteiger partial charge in [0.05, 0.1) is 17.8 Å². The first-order valence-electron chi connectivity index (χ1n) is 9.71. The van der Waals surface area contributed by atoms with E-state index >= 15 is 0 Å². The van der Waals surface area contributed by atoms with Crippen molar-refractivity contribution in [1.29, 1.82) is 0 Å². The largest absolute Gasteiger partial charge is 0.390 e. The third kappa shape index (κ3) is 4.67. The summed E-state index contributed by atoms with van der Waals surface area (Å²) < 4.78 is 2.07. The maximum atomic E-state index is 9.92. The Balaban J connectivity index is 1.45. The molecule has 0 unspecified atom stereocenters. The van der Waals surface area contributed by atoms with Crippen molar-refractivity contribution in [2.45, 2.75) is 44.8 Å². The van der Waals surface area contributed by atoms with E-state index in [1.54, 1.807) is 0 Å². The van der Waals surface area contributed by atoms with E-state index in [1.807, 2.05) is 75.0 Å². The second kappa shape index (κ2) is 7.60. The second-order valence-electron chi connectivity index (χ2n) is 8.07. The number of nitrogens with zero attached hydrogens (tertiary/aromatic N) is 3. The zero-order valence-electron chi connectivity index (χ0n) is 16.3. The van der Waals surface area contributed by atoms with Crippen LogP contribution in [-0.4, -0.2) is 25.5 Å². The molecule has 2 aromatic heterocycles. The number of hydrogen-bond acceptors (Lipinski definition) is 4. The summed E-state index contributed by atoms with van der Waals surface area (Å²) in [5, 5.41) is 17.7. The van der Waals surface area contributed by atoms with Crippen LogP contribution in [0.3, 0.4) is 0 Å². The van der Waals surface area contributed by atoms with Crippen LogP contribution in [-0.2, 0) is 6.42 Å². The number of pyridine rings is 1. The number of anilines is 1. The van der Waals surface area contributed by atoms with Crippen LogP contribution in [0.5, 0.6) is 0 Å². The van der Waals surface area contributed by atoms with Crippen molar-refractivity contribution in [3.05, 3.63) is 72.4 Å². The molecule has 1 saturated carbocycles. The monoisotopic (exact) mass is 374 g/mol. The highest BCUT2D eigenvalue weighted by Crippen LogP contribution is 2.35. The molecule has 2 heterocycles. The van der Waals surface area contributed by atoms with Gasteiger partial charge in [-0.2, -0.15) is 5.10 Å². The zero-order chi connectivity index (χ0) is 19.6. The number of rotatable bonds is 7. The van der Waals surface area contributed by atoms with Crippen LogP contribution in [0.2, 0.25) is 0 Å². The van der Waals surface area contributed by atoms with E-state index in [4.69, 9.17) is 0 Å². The average Bonchev–Trinajstić information content (AvgIpc) is 3.40. The lowest BCUT2D eigenvalue weighted by molar-refractivity contribution is 0.0810. The van der Waals surface area contributed by atoms with Crippen molar-refractivity contribution in [2.24, 2.45) is 0 Å². The lowest BCUT2D eigenvalue weighted by atomic mass is 9.99. The summed E-state index contributed by atoms with van der Waals surface area (Å²) in [6.45, 7) is 3.64. The Hall–Kier alpha value is -2.92. The number of nitrogens with one attached hydrogen (secondary N) is 1. The quantitative estimate of drug-likeness (QED) is 0.630. The molecule has 28 heavy (non-hydrogen) atoms. The van der Waals surface area contributed by atoms with Crippen LogP contribution in [0.25, 0.3) is 17.2 Å². The summed E-state index contributed by atoms with van der Waals surface area (Å²) in [7, 11) is 0. The van der Waals surface area contributed by atoms with Gasteiger partial charge in [-0.25, -0.2) is 0 Å². The van der Waals surface area contributed by atoms with Gasteiger partial charge in [0.15, 0.2) is 0 Å². The molecule has 4 rings (SSSR count). The smallest absolute Gasteiger partial charge is 0.0631 e. The van der Waals surface area contributed by atoms with Gasteiger partial charge in [-0.1, -0.05) is 12.1 Å². The maximum Gasteiger partial charge on any atom is 0.0631 e. The minimum absolute atomic E-state index is 0.579. The molecule has 0 radical (unpaired) electrons. The Bertz CT molecular complexity index is 963. The molecule has 1 aliphatic rings. The normalized spacial score (nSPS) is 14.5. The van der Waals surface area contributed by atoms with Gasteiger partial charge in [-0.15, -0.1) is 0 Å². The molecule has 2 N–H and O–H groups in total. The summed E-state index contributed by atoms with van der Waals surface area (Å²) in [5.74, 6) is 0. The molecule has 1 aliphatic carbocycles. The van der Waals surface area contributed by atoms with Gasteiger partial charge < -0.3 is 10.4 Å². The fourth-order valence-corrected chi connectivity index (χ4v) is 3.26. The predicted octanol–water partition coefficient (Wildman–Crippen LogP) is 4.68. The minimum atomic E-state index is -0.696. The number of benzene rings is 1. The summed E-state index contributed by atoms with van der Waals surface area (Å²) in [5.41, 5.74) is 4.71. The van der Waals surface area contributed by atoms with Crippen LogP contribution >= 0.6 is 0 Å². The van der Waals surface area contributed by atoms with Crippen molar-refractivity contribution in [2.75, 3.05) is 5.32 Å². The van der Waals surface area contributed by atoms with Crippen molar-refractivity contribution in [1.82, 2.24) is 14.8 Å². The van der Waals surface area contributed by atoms with Crippen molar-refractivity contribution >= 4 is 11.8 Å². The molecule has 0 aliphatic heterocycles. The van der Waals surface area contributed by atoms with Gasteiger partial charge >= 0.3 is 0 Å². The van der Waals surface area contributed by atoms with Crippen molar-refractivity contribution < 1.29 is 5.11 Å². The van der Waals surface area contributed by atoms with Gasteiger partial charge in [0.25, 0.3) is 0 Å². The molecule has 0 atom stereocenters. The molecule has 1 aromatic carbocycles. The number of aromatic nitrogens is 3. The van der Waals surface area contributed by atoms with E-state index in [9.17, 15) is 5.11 Å². The van der Waals surface area contributed by atoms with Crippen molar-refractivity contribution in [3.63, 3.8) is 0 Å². The molecule has 1 fully saturated rings. The number of hydrogen-bond donors (Lipinski definition) is 2. The third-order valence-corrected chi connectivity index (χ3v) is 4.79. The van der Waals surface area contributed by atoms with E-state index in [2.05, 4.69) is 26.3 Å². The highest BCUT2D eigenvalue weighted by Gasteiger charge is 2.24. The van der Waals surface area contributed by atoms with Gasteiger partial charge in [0.2, 0.25) is 0 Å². The number of aliphatic hydroxyl groups is 1. The highest BCUT2D eigenvalue weighted by atomic mass is 16.3. The molecule has 0 spiro atoms. The third-order valence-electron chi connectivity index (χ3n) is 4.79. The molecule has 0 amide bonds. The second-order valence-corrected chi connectivity index (χ2v) is 8.07. The van der Waals surface area contributed by atoms with E-state index in [-0.39, 0.29) is 0 Å². The van der Waals surface area contributed by atoms with E-state index < -0.39 is 5.60 Å². The molecule has 0 saturated heterocycles. The van der Waals surface area contributed by atoms with Crippen LogP contribution in [0.1, 0.15) is 43.9 Å². The van der Waals surface area contributed by atoms with Crippen molar-refractivity contribution in [3.8, 4) is 11.1 Å². The molecule has 5 heteroatoms. The summed E-state index contributed by atoms with van der Waals surface area (Å²) in [6.07, 6.45) is 14.8. The Morgan fingerprint density at radius 2 is 1.96 bits per heavy atom. The van der Waals surface area contributed by atoms with Gasteiger partial charge in [-0.05, 0) is 62.1 Å². The average molecular weight is 374 g/mol. The van der Waals surface area contributed by atoms with Gasteiger partial charge in [0, 0.05) is 48.0 Å². The molecule has 5 nitrogen and oxygen atoms in total. The summed E-state index contributed by atoms with van der Waals surface area (Å²) >= 11 is 0. The van der Waals surface area contributed by atoms with Gasteiger partial charge in [-0.3, -0.25) is 9.67 Å². The van der Waals surface area contributed by atoms with Crippen LogP contribution < -0.4 is 5.32 Å². The molecule has 144 valence electrons. The van der Waals surface area contributed by atoms with Crippen LogP contribution in [0.15, 0.2) is 61.3 Å². The molecular formula is C23H26N4O. The Kier molecular flexibility index (Phi) is 5.01. The van der Waals surface area contributed by atoms with Gasteiger partial charge in [0.1, 0.15) is 0 Å². The summed E-state index contributed by atoms with van der Waals surface area (Å²) in [4.78, 5) is 4.27. The van der Waals surface area contributed by atoms with E-state index in [0.29, 0.717) is 12.5 Å². The topological polar surface area (TPSA) is 63.0 Å². The first-order valence-corrected chi connectivity index (χ1v) is 9.71. The lowest BCUT2D eigenvalue weighted by Gasteiger charge is -2.17. The Labute approximate surface area is 165 Å². The SMILES string of the molecule is CC(C)(O)Cc1ccc(N/C=C/c2cnccc2-c2cnn(C3CC3)c2)cc1. The molecule has 3 aromatic rings. The molecule has 0 bridgehead atoms. The van der Waals surface area contributed by atoms with Crippen LogP contribution in [0.4, 0.5) is 5.69 Å². The minimum Gasteiger partial charge on any atom is -0.390 e. The zero-order valence-corrected chi connectivity index (χ0v) is 16.3. The Morgan fingerprint density at radius 1 is 1.18 bits per heavy atom. The lowest BCUT2D eigenvalue weighted by Crippen LogP contribution is -2.21. The molecular weight excluding hydrogens is 348 g/mol. The summed E-state index contributed by atoms with van der Waals surface area (Å²) in [6, 6.07) is 10.7. The Morgan fingerprint density at radius 3 is 2.68 bits per heavy atom. The van der Waals surface area contributed by atoms with Crippen LogP contribution in [0, 0.1) is 0 Å². The first-order chi connectivity index (χ1) is 13.5. The standard InChI is InChI=1S/C23H26N4O/c1-23(2,28)13-17-3-5-20(6-4-17)25-12-9-18-14-24-11-10-22(18)19-15-26-27(16-19)21-7-8-21/h3-6,9-12,14-16,21,25,28H,7-8,13H2,1-2H3/b12-9+. The maximum absolute atomic E-state index is 9.92. The van der Waals surface area contributed by atoms with E-state index in [0.717, 1.165) is 27.9 Å². The highest BCUT2D eigenvalue weighted by molar-refractivity contribution is 5.74. The fraction of sp³-hybridized carbons (Fsp3) is 0.304.